The number of hydrogen-bond donors (Lipinski definition) is 1. The Morgan fingerprint density at radius 3 is 2.71 bits per heavy atom. The van der Waals surface area contributed by atoms with E-state index in [1.165, 1.54) is 6.42 Å². The van der Waals surface area contributed by atoms with Crippen molar-refractivity contribution < 1.29 is 4.74 Å². The van der Waals surface area contributed by atoms with E-state index in [1.807, 2.05) is 6.92 Å². The molecule has 14 heavy (non-hydrogen) atoms. The average Bonchev–Trinajstić information content (AvgIpc) is 2.21. The molecule has 1 unspecified atom stereocenters. The Bertz CT molecular complexity index is 151. The molecule has 0 bridgehead atoms. The molecular formula is C12H23NO. The molecule has 0 heterocycles. The summed E-state index contributed by atoms with van der Waals surface area (Å²) < 4.78 is 5.33. The van der Waals surface area contributed by atoms with Crippen molar-refractivity contribution in [1.29, 1.82) is 0 Å². The molecule has 82 valence electrons. The second-order valence-corrected chi connectivity index (χ2v) is 3.38. The minimum atomic E-state index is 0.526. The first-order valence-corrected chi connectivity index (χ1v) is 5.59. The van der Waals surface area contributed by atoms with Gasteiger partial charge in [-0.15, -0.1) is 12.3 Å². The van der Waals surface area contributed by atoms with Crippen LogP contribution in [0.2, 0.25) is 0 Å². The van der Waals surface area contributed by atoms with Crippen LogP contribution in [0.25, 0.3) is 0 Å². The van der Waals surface area contributed by atoms with E-state index in [0.29, 0.717) is 6.04 Å². The first kappa shape index (κ1) is 13.5. The van der Waals surface area contributed by atoms with Crippen LogP contribution in [0.4, 0.5) is 0 Å². The molecule has 0 fully saturated rings. The molecule has 0 aliphatic rings. The van der Waals surface area contributed by atoms with E-state index < -0.39 is 0 Å². The first-order valence-electron chi connectivity index (χ1n) is 5.59. The largest absolute Gasteiger partial charge is 0.382 e. The van der Waals surface area contributed by atoms with Gasteiger partial charge in [0.2, 0.25) is 0 Å². The summed E-state index contributed by atoms with van der Waals surface area (Å²) in [4.78, 5) is 0. The van der Waals surface area contributed by atoms with E-state index in [4.69, 9.17) is 11.2 Å². The summed E-state index contributed by atoms with van der Waals surface area (Å²) in [5.41, 5.74) is 0. The van der Waals surface area contributed by atoms with E-state index in [-0.39, 0.29) is 0 Å². The Morgan fingerprint density at radius 1 is 1.36 bits per heavy atom. The molecule has 0 aromatic heterocycles. The van der Waals surface area contributed by atoms with Crippen LogP contribution < -0.4 is 5.32 Å². The Kier molecular flexibility index (Phi) is 10.2. The van der Waals surface area contributed by atoms with E-state index in [2.05, 4.69) is 18.2 Å². The maximum atomic E-state index is 5.33. The fourth-order valence-electron chi connectivity index (χ4n) is 1.32. The summed E-state index contributed by atoms with van der Waals surface area (Å²) in [6, 6.07) is 0.526. The molecule has 0 aromatic rings. The fraction of sp³-hybridized carbons (Fsp3) is 0.833. The third-order valence-electron chi connectivity index (χ3n) is 2.13. The molecule has 0 aromatic carbocycles. The Labute approximate surface area is 88.4 Å². The maximum Gasteiger partial charge on any atom is 0.0480 e. The minimum Gasteiger partial charge on any atom is -0.382 e. The van der Waals surface area contributed by atoms with Crippen LogP contribution in [0.3, 0.4) is 0 Å². The van der Waals surface area contributed by atoms with Gasteiger partial charge in [0.15, 0.2) is 0 Å². The summed E-state index contributed by atoms with van der Waals surface area (Å²) in [5.74, 6) is 2.68. The SMILES string of the molecule is C#CCCC(CCOCC)NCCC. The zero-order valence-corrected chi connectivity index (χ0v) is 9.51. The molecule has 2 nitrogen and oxygen atoms in total. The van der Waals surface area contributed by atoms with Crippen LogP contribution in [-0.2, 0) is 4.74 Å². The van der Waals surface area contributed by atoms with Crippen molar-refractivity contribution in [3.8, 4) is 12.3 Å². The van der Waals surface area contributed by atoms with Crippen molar-refractivity contribution >= 4 is 0 Å². The lowest BCUT2D eigenvalue weighted by atomic mass is 10.1. The van der Waals surface area contributed by atoms with Crippen molar-refractivity contribution in [2.75, 3.05) is 19.8 Å². The zero-order valence-electron chi connectivity index (χ0n) is 9.51. The molecule has 0 radical (unpaired) electrons. The third-order valence-corrected chi connectivity index (χ3v) is 2.13. The van der Waals surface area contributed by atoms with Crippen LogP contribution in [-0.4, -0.2) is 25.8 Å². The van der Waals surface area contributed by atoms with E-state index in [9.17, 15) is 0 Å². The number of nitrogens with one attached hydrogen (secondary N) is 1. The van der Waals surface area contributed by atoms with Crippen molar-refractivity contribution in [2.24, 2.45) is 0 Å². The normalized spacial score (nSPS) is 12.4. The van der Waals surface area contributed by atoms with Crippen molar-refractivity contribution in [1.82, 2.24) is 5.32 Å². The standard InChI is InChI=1S/C12H23NO/c1-4-7-8-12(13-10-5-2)9-11-14-6-3/h1,12-13H,5-11H2,2-3H3. The summed E-state index contributed by atoms with van der Waals surface area (Å²) in [6.45, 7) is 6.91. The van der Waals surface area contributed by atoms with Gasteiger partial charge in [0.1, 0.15) is 0 Å². The number of hydrogen-bond acceptors (Lipinski definition) is 2. The molecule has 0 rings (SSSR count). The van der Waals surface area contributed by atoms with Crippen molar-refractivity contribution in [3.05, 3.63) is 0 Å². The van der Waals surface area contributed by atoms with Gasteiger partial charge in [-0.25, -0.2) is 0 Å². The second kappa shape index (κ2) is 10.6. The molecule has 0 amide bonds. The van der Waals surface area contributed by atoms with Gasteiger partial charge in [0.05, 0.1) is 0 Å². The van der Waals surface area contributed by atoms with Gasteiger partial charge in [-0.3, -0.25) is 0 Å². The van der Waals surface area contributed by atoms with Crippen LogP contribution in [0.5, 0.6) is 0 Å². The van der Waals surface area contributed by atoms with Crippen molar-refractivity contribution in [2.45, 2.75) is 45.6 Å². The molecule has 0 spiro atoms. The molecule has 1 atom stereocenters. The smallest absolute Gasteiger partial charge is 0.0480 e. The lowest BCUT2D eigenvalue weighted by molar-refractivity contribution is 0.135. The molecule has 1 N–H and O–H groups in total. The highest BCUT2D eigenvalue weighted by molar-refractivity contribution is 4.85. The number of rotatable bonds is 9. The molecule has 0 saturated heterocycles. The topological polar surface area (TPSA) is 21.3 Å². The fourth-order valence-corrected chi connectivity index (χ4v) is 1.32. The molecule has 0 aliphatic carbocycles. The van der Waals surface area contributed by atoms with E-state index in [0.717, 1.165) is 39.0 Å². The molecule has 2 heteroatoms. The second-order valence-electron chi connectivity index (χ2n) is 3.38. The van der Waals surface area contributed by atoms with Gasteiger partial charge in [0.25, 0.3) is 0 Å². The number of ether oxygens (including phenoxy) is 1. The summed E-state index contributed by atoms with van der Waals surface area (Å²) in [5, 5.41) is 3.49. The molecule has 0 aliphatic heterocycles. The van der Waals surface area contributed by atoms with Crippen LogP contribution >= 0.6 is 0 Å². The minimum absolute atomic E-state index is 0.526. The van der Waals surface area contributed by atoms with E-state index in [1.54, 1.807) is 0 Å². The van der Waals surface area contributed by atoms with Crippen LogP contribution in [0, 0.1) is 12.3 Å². The molecule has 0 saturated carbocycles. The average molecular weight is 197 g/mol. The monoisotopic (exact) mass is 197 g/mol. The van der Waals surface area contributed by atoms with Crippen molar-refractivity contribution in [3.63, 3.8) is 0 Å². The summed E-state index contributed by atoms with van der Waals surface area (Å²) in [6.07, 6.45) is 9.40. The van der Waals surface area contributed by atoms with Gasteiger partial charge in [-0.05, 0) is 32.7 Å². The highest BCUT2D eigenvalue weighted by Gasteiger charge is 2.05. The van der Waals surface area contributed by atoms with E-state index >= 15 is 0 Å². The highest BCUT2D eigenvalue weighted by Crippen LogP contribution is 2.02. The summed E-state index contributed by atoms with van der Waals surface area (Å²) in [7, 11) is 0. The number of terminal acetylenes is 1. The highest BCUT2D eigenvalue weighted by atomic mass is 16.5. The van der Waals surface area contributed by atoms with Gasteiger partial charge >= 0.3 is 0 Å². The van der Waals surface area contributed by atoms with Crippen LogP contribution in [0.1, 0.15) is 39.5 Å². The Balaban J connectivity index is 3.56. The molecular weight excluding hydrogens is 174 g/mol. The van der Waals surface area contributed by atoms with Gasteiger partial charge in [-0.1, -0.05) is 6.92 Å². The quantitative estimate of drug-likeness (QED) is 0.452. The lowest BCUT2D eigenvalue weighted by Crippen LogP contribution is -2.30. The zero-order chi connectivity index (χ0) is 10.6. The van der Waals surface area contributed by atoms with Crippen LogP contribution in [0.15, 0.2) is 0 Å². The Hall–Kier alpha value is -0.520. The Morgan fingerprint density at radius 2 is 2.14 bits per heavy atom. The lowest BCUT2D eigenvalue weighted by Gasteiger charge is -2.17. The summed E-state index contributed by atoms with van der Waals surface area (Å²) >= 11 is 0. The maximum absolute atomic E-state index is 5.33. The first-order chi connectivity index (χ1) is 6.85. The predicted octanol–water partition coefficient (Wildman–Crippen LogP) is 2.19. The van der Waals surface area contributed by atoms with Gasteiger partial charge in [-0.2, -0.15) is 0 Å². The third kappa shape index (κ3) is 8.10. The predicted molar refractivity (Wildman–Crippen MR) is 61.3 cm³/mol. The van der Waals surface area contributed by atoms with Gasteiger partial charge in [0, 0.05) is 25.7 Å². The van der Waals surface area contributed by atoms with Gasteiger partial charge < -0.3 is 10.1 Å².